The Morgan fingerprint density at radius 3 is 2.30 bits per heavy atom. The second-order valence-electron chi connectivity index (χ2n) is 6.57. The molecule has 27 heavy (non-hydrogen) atoms. The molecule has 0 fully saturated rings. The summed E-state index contributed by atoms with van der Waals surface area (Å²) >= 11 is 0. The molecule has 6 rings (SSSR count). The van der Waals surface area contributed by atoms with Gasteiger partial charge < -0.3 is 4.98 Å². The van der Waals surface area contributed by atoms with E-state index in [4.69, 9.17) is 9.60 Å². The van der Waals surface area contributed by atoms with E-state index in [0.717, 1.165) is 21.5 Å². The number of hydrogen-bond donors (Lipinski definition) is 1. The molecule has 0 radical (unpaired) electrons. The van der Waals surface area contributed by atoms with Crippen molar-refractivity contribution in [3.63, 3.8) is 0 Å². The Morgan fingerprint density at radius 2 is 1.37 bits per heavy atom. The lowest BCUT2D eigenvalue weighted by Gasteiger charge is -2.11. The first-order valence-electron chi connectivity index (χ1n) is 12.2. The Kier molecular flexibility index (Phi) is 1.90. The van der Waals surface area contributed by atoms with E-state index in [1.165, 1.54) is 0 Å². The first-order valence-corrected chi connectivity index (χ1v) is 8.73. The molecule has 0 saturated heterocycles. The molecule has 126 valence electrons. The largest absolute Gasteiger partial charge is 0.355 e. The van der Waals surface area contributed by atoms with Gasteiger partial charge in [0.05, 0.1) is 9.60 Å². The minimum absolute atomic E-state index is 0.0345. The van der Waals surface area contributed by atoms with Gasteiger partial charge in [-0.25, -0.2) is 0 Å². The van der Waals surface area contributed by atoms with E-state index in [1.807, 2.05) is 54.6 Å². The molecule has 1 heterocycles. The third kappa shape index (κ3) is 2.12. The van der Waals surface area contributed by atoms with Crippen molar-refractivity contribution in [3.05, 3.63) is 96.9 Å². The van der Waals surface area contributed by atoms with Crippen molar-refractivity contribution in [3.8, 4) is 11.1 Å². The number of H-pyrrole nitrogens is 1. The summed E-state index contributed by atoms with van der Waals surface area (Å²) in [5.74, 6) is 0. The van der Waals surface area contributed by atoms with Gasteiger partial charge >= 0.3 is 0 Å². The van der Waals surface area contributed by atoms with Crippen LogP contribution in [-0.2, 0) is 0 Å². The van der Waals surface area contributed by atoms with E-state index in [-0.39, 0.29) is 63.6 Å². The molecule has 0 aliphatic heterocycles. The predicted octanol–water partition coefficient (Wildman–Crippen LogP) is 7.29. The van der Waals surface area contributed by atoms with Crippen LogP contribution >= 0.6 is 0 Å². The average molecular weight is 350 g/mol. The van der Waals surface area contributed by atoms with Crippen LogP contribution in [0.15, 0.2) is 96.9 Å². The highest BCUT2D eigenvalue weighted by Crippen LogP contribution is 2.37. The number of aromatic nitrogens is 1. The molecule has 0 amide bonds. The molecule has 0 aliphatic carbocycles. The Hall–Kier alpha value is -3.58. The lowest BCUT2D eigenvalue weighted by Crippen LogP contribution is -1.84. The van der Waals surface area contributed by atoms with Gasteiger partial charge in [-0.15, -0.1) is 0 Å². The lowest BCUT2D eigenvalue weighted by molar-refractivity contribution is 1.55. The molecular formula is C26H17N. The second-order valence-corrected chi connectivity index (χ2v) is 6.57. The molecule has 0 bridgehead atoms. The van der Waals surface area contributed by atoms with Crippen LogP contribution in [0.3, 0.4) is 0 Å². The molecule has 0 spiro atoms. The van der Waals surface area contributed by atoms with Crippen LogP contribution in [0.1, 0.15) is 9.60 Å². The molecule has 0 saturated carbocycles. The van der Waals surface area contributed by atoms with E-state index in [2.05, 4.69) is 4.98 Å². The lowest BCUT2D eigenvalue weighted by atomic mass is 9.93. The highest BCUT2D eigenvalue weighted by atomic mass is 14.7. The highest BCUT2D eigenvalue weighted by molar-refractivity contribution is 6.15. The standard InChI is InChI=1S/C26H17N/c1-2-8-19-17(7-1)15-23(21-10-4-3-9-20(19)21)18-13-14-26-24(16-18)22-11-5-6-12-25(22)27-26/h1-16,27H/i5D,6D,11D,12D,13D,14D,16D. The summed E-state index contributed by atoms with van der Waals surface area (Å²) < 4.78 is 59.5. The van der Waals surface area contributed by atoms with Gasteiger partial charge in [-0.2, -0.15) is 0 Å². The van der Waals surface area contributed by atoms with Gasteiger partial charge in [0, 0.05) is 21.8 Å². The molecule has 1 heteroatoms. The molecule has 5 aromatic carbocycles. The van der Waals surface area contributed by atoms with Gasteiger partial charge in [-0.05, 0) is 56.9 Å². The molecule has 6 aromatic rings. The third-order valence-corrected chi connectivity index (χ3v) is 5.04. The monoisotopic (exact) mass is 350 g/mol. The summed E-state index contributed by atoms with van der Waals surface area (Å²) in [6.07, 6.45) is 0. The number of para-hydroxylation sites is 1. The Bertz CT molecular complexity index is 1840. The van der Waals surface area contributed by atoms with Crippen molar-refractivity contribution >= 4 is 43.4 Å². The van der Waals surface area contributed by atoms with Gasteiger partial charge in [0.2, 0.25) is 0 Å². The number of aromatic amines is 1. The zero-order chi connectivity index (χ0) is 23.9. The molecule has 0 aliphatic rings. The number of nitrogens with one attached hydrogen (secondary N) is 1. The Morgan fingerprint density at radius 1 is 0.630 bits per heavy atom. The van der Waals surface area contributed by atoms with Crippen LogP contribution in [0.4, 0.5) is 0 Å². The van der Waals surface area contributed by atoms with E-state index in [1.54, 1.807) is 0 Å². The Balaban J connectivity index is 1.85. The minimum atomic E-state index is -0.392. The average Bonchev–Trinajstić information content (AvgIpc) is 3.26. The predicted molar refractivity (Wildman–Crippen MR) is 116 cm³/mol. The number of benzene rings is 5. The van der Waals surface area contributed by atoms with Crippen LogP contribution in [0.2, 0.25) is 0 Å². The third-order valence-electron chi connectivity index (χ3n) is 5.04. The fourth-order valence-electron chi connectivity index (χ4n) is 3.80. The summed E-state index contributed by atoms with van der Waals surface area (Å²) in [4.78, 5) is 2.91. The van der Waals surface area contributed by atoms with Crippen LogP contribution < -0.4 is 0 Å². The zero-order valence-corrected chi connectivity index (χ0v) is 14.2. The summed E-state index contributed by atoms with van der Waals surface area (Å²) in [5, 5.41) is 4.22. The first-order chi connectivity index (χ1) is 16.3. The highest BCUT2D eigenvalue weighted by Gasteiger charge is 2.10. The fraction of sp³-hybridized carbons (Fsp3) is 0. The maximum atomic E-state index is 9.11. The van der Waals surface area contributed by atoms with Gasteiger partial charge in [0.15, 0.2) is 0 Å². The van der Waals surface area contributed by atoms with E-state index in [0.29, 0.717) is 5.56 Å². The van der Waals surface area contributed by atoms with E-state index < -0.39 is 6.04 Å². The van der Waals surface area contributed by atoms with Crippen molar-refractivity contribution in [1.29, 1.82) is 0 Å². The summed E-state index contributed by atoms with van der Waals surface area (Å²) in [5.41, 5.74) is 1.23. The summed E-state index contributed by atoms with van der Waals surface area (Å²) in [6.45, 7) is 0. The summed E-state index contributed by atoms with van der Waals surface area (Å²) in [7, 11) is 0. The fourth-order valence-corrected chi connectivity index (χ4v) is 3.80. The zero-order valence-electron chi connectivity index (χ0n) is 21.2. The molecule has 0 atom stereocenters. The molecule has 1 nitrogen and oxygen atoms in total. The second kappa shape index (κ2) is 5.46. The topological polar surface area (TPSA) is 15.8 Å². The van der Waals surface area contributed by atoms with Crippen molar-refractivity contribution < 1.29 is 9.60 Å². The quantitative estimate of drug-likeness (QED) is 0.300. The van der Waals surface area contributed by atoms with Crippen LogP contribution in [-0.4, -0.2) is 4.98 Å². The maximum Gasteiger partial charge on any atom is 0.0645 e. The summed E-state index contributed by atoms with van der Waals surface area (Å²) in [6, 6.07) is 16.0. The molecule has 0 unspecified atom stereocenters. The van der Waals surface area contributed by atoms with Crippen molar-refractivity contribution in [2.75, 3.05) is 0 Å². The van der Waals surface area contributed by atoms with E-state index in [9.17, 15) is 0 Å². The number of rotatable bonds is 1. The molecule has 1 aromatic heterocycles. The van der Waals surface area contributed by atoms with Crippen LogP contribution in [0.5, 0.6) is 0 Å². The SMILES string of the molecule is [2H]c1c([2H])c([2H])c2c([nH]c3c([2H])c([2H])c(-c4cc5ccccc5c5ccccc45)c([2H])c32)c1[2H]. The van der Waals surface area contributed by atoms with Gasteiger partial charge in [0.1, 0.15) is 0 Å². The van der Waals surface area contributed by atoms with Crippen LogP contribution in [0, 0.1) is 0 Å². The van der Waals surface area contributed by atoms with Crippen molar-refractivity contribution in [2.24, 2.45) is 0 Å². The Labute approximate surface area is 166 Å². The van der Waals surface area contributed by atoms with Gasteiger partial charge in [0.25, 0.3) is 0 Å². The van der Waals surface area contributed by atoms with Gasteiger partial charge in [-0.3, -0.25) is 0 Å². The normalized spacial score (nSPS) is 15.3. The minimum Gasteiger partial charge on any atom is -0.355 e. The van der Waals surface area contributed by atoms with Crippen LogP contribution in [0.25, 0.3) is 54.5 Å². The van der Waals surface area contributed by atoms with Crippen molar-refractivity contribution in [1.82, 2.24) is 4.98 Å². The maximum absolute atomic E-state index is 9.11. The first kappa shape index (κ1) is 9.38. The molecular weight excluding hydrogens is 326 g/mol. The van der Waals surface area contributed by atoms with E-state index >= 15 is 0 Å². The van der Waals surface area contributed by atoms with Gasteiger partial charge in [-0.1, -0.05) is 72.7 Å². The smallest absolute Gasteiger partial charge is 0.0645 e. The number of hydrogen-bond acceptors (Lipinski definition) is 0. The van der Waals surface area contributed by atoms with Crippen molar-refractivity contribution in [2.45, 2.75) is 0 Å². The number of fused-ring (bicyclic) bond motifs is 6. The molecule has 1 N–H and O–H groups in total.